The fourth-order valence-electron chi connectivity index (χ4n) is 1.73. The number of nitrogens with two attached hydrogens (primary N) is 1. The summed E-state index contributed by atoms with van der Waals surface area (Å²) < 4.78 is 0. The van der Waals surface area contributed by atoms with Gasteiger partial charge in [0.05, 0.1) is 0 Å². The first-order valence-corrected chi connectivity index (χ1v) is 6.29. The van der Waals surface area contributed by atoms with Crippen molar-refractivity contribution in [3.8, 4) is 0 Å². The van der Waals surface area contributed by atoms with Gasteiger partial charge in [0.1, 0.15) is 17.5 Å². The second-order valence-corrected chi connectivity index (χ2v) is 4.52. The number of aromatic nitrogens is 2. The van der Waals surface area contributed by atoms with Crippen LogP contribution in [0.2, 0.25) is 0 Å². The summed E-state index contributed by atoms with van der Waals surface area (Å²) >= 11 is 0. The number of aliphatic hydroxyl groups is 1. The third-order valence-electron chi connectivity index (χ3n) is 2.85. The van der Waals surface area contributed by atoms with Crippen LogP contribution in [0, 0.1) is 0 Å². The van der Waals surface area contributed by atoms with Gasteiger partial charge in [-0.3, -0.25) is 0 Å². The van der Waals surface area contributed by atoms with E-state index in [1.54, 1.807) is 6.07 Å². The Morgan fingerprint density at radius 1 is 1.29 bits per heavy atom. The molecule has 17 heavy (non-hydrogen) atoms. The van der Waals surface area contributed by atoms with E-state index in [1.165, 1.54) is 12.8 Å². The van der Waals surface area contributed by atoms with E-state index in [1.807, 2.05) is 0 Å². The molecule has 0 aromatic carbocycles. The number of nitrogens with one attached hydrogen (secondary N) is 1. The topological polar surface area (TPSA) is 84.1 Å². The second kappa shape index (κ2) is 5.82. The predicted molar refractivity (Wildman–Crippen MR) is 67.8 cm³/mol. The molecule has 0 amide bonds. The molecule has 0 radical (unpaired) electrons. The minimum Gasteiger partial charge on any atom is -0.396 e. The van der Waals surface area contributed by atoms with Gasteiger partial charge in [0.2, 0.25) is 0 Å². The summed E-state index contributed by atoms with van der Waals surface area (Å²) in [6, 6.07) is 1.78. The number of anilines is 2. The van der Waals surface area contributed by atoms with Gasteiger partial charge < -0.3 is 16.2 Å². The van der Waals surface area contributed by atoms with Crippen molar-refractivity contribution in [2.75, 3.05) is 24.2 Å². The van der Waals surface area contributed by atoms with Crippen LogP contribution in [0.3, 0.4) is 0 Å². The minimum atomic E-state index is 0.270. The van der Waals surface area contributed by atoms with Gasteiger partial charge in [0, 0.05) is 25.1 Å². The third kappa shape index (κ3) is 3.85. The molecule has 1 saturated carbocycles. The fraction of sp³-hybridized carbons (Fsp3) is 0.667. The molecule has 0 spiro atoms. The van der Waals surface area contributed by atoms with Crippen molar-refractivity contribution in [1.29, 1.82) is 0 Å². The minimum absolute atomic E-state index is 0.270. The normalized spacial score (nSPS) is 14.9. The Kier molecular flexibility index (Phi) is 4.14. The highest BCUT2D eigenvalue weighted by molar-refractivity contribution is 5.45. The number of aliphatic hydroxyl groups excluding tert-OH is 1. The van der Waals surface area contributed by atoms with Gasteiger partial charge in [-0.2, -0.15) is 0 Å². The Morgan fingerprint density at radius 2 is 2.12 bits per heavy atom. The molecule has 1 aromatic heterocycles. The van der Waals surface area contributed by atoms with E-state index in [0.717, 1.165) is 37.4 Å². The average molecular weight is 236 g/mol. The molecule has 5 nitrogen and oxygen atoms in total. The number of hydrogen-bond donors (Lipinski definition) is 3. The first-order chi connectivity index (χ1) is 8.29. The molecule has 4 N–H and O–H groups in total. The van der Waals surface area contributed by atoms with Crippen LogP contribution in [-0.4, -0.2) is 28.2 Å². The van der Waals surface area contributed by atoms with Crippen LogP contribution in [0.25, 0.3) is 0 Å². The Hall–Kier alpha value is -1.36. The Morgan fingerprint density at radius 3 is 2.82 bits per heavy atom. The highest BCUT2D eigenvalue weighted by Gasteiger charge is 2.27. The van der Waals surface area contributed by atoms with Crippen LogP contribution in [0.5, 0.6) is 0 Å². The van der Waals surface area contributed by atoms with E-state index in [4.69, 9.17) is 10.8 Å². The first kappa shape index (κ1) is 12.1. The predicted octanol–water partition coefficient (Wildman–Crippen LogP) is 1.51. The molecule has 0 bridgehead atoms. The smallest absolute Gasteiger partial charge is 0.136 e. The maximum Gasteiger partial charge on any atom is 0.136 e. The second-order valence-electron chi connectivity index (χ2n) is 4.52. The monoisotopic (exact) mass is 236 g/mol. The summed E-state index contributed by atoms with van der Waals surface area (Å²) in [5, 5.41) is 11.9. The lowest BCUT2D eigenvalue weighted by Crippen LogP contribution is -2.07. The van der Waals surface area contributed by atoms with Crippen LogP contribution in [0.15, 0.2) is 6.07 Å². The van der Waals surface area contributed by atoms with Gasteiger partial charge in [-0.15, -0.1) is 0 Å². The Balaban J connectivity index is 1.82. The van der Waals surface area contributed by atoms with Crippen molar-refractivity contribution < 1.29 is 5.11 Å². The van der Waals surface area contributed by atoms with Crippen LogP contribution in [0.4, 0.5) is 11.6 Å². The molecule has 1 fully saturated rings. The number of rotatable bonds is 7. The molecule has 0 saturated heterocycles. The lowest BCUT2D eigenvalue weighted by atomic mass is 10.2. The van der Waals surface area contributed by atoms with Crippen molar-refractivity contribution in [3.63, 3.8) is 0 Å². The third-order valence-corrected chi connectivity index (χ3v) is 2.85. The first-order valence-electron chi connectivity index (χ1n) is 6.29. The van der Waals surface area contributed by atoms with E-state index >= 15 is 0 Å². The summed E-state index contributed by atoms with van der Waals surface area (Å²) in [7, 11) is 0. The summed E-state index contributed by atoms with van der Waals surface area (Å²) in [6.07, 6.45) is 5.28. The number of unbranched alkanes of at least 4 members (excludes halogenated alkanes) is 2. The van der Waals surface area contributed by atoms with Crippen LogP contribution < -0.4 is 11.1 Å². The van der Waals surface area contributed by atoms with E-state index in [9.17, 15) is 0 Å². The molecule has 0 unspecified atom stereocenters. The van der Waals surface area contributed by atoms with Crippen LogP contribution in [0.1, 0.15) is 43.8 Å². The van der Waals surface area contributed by atoms with Crippen molar-refractivity contribution in [2.24, 2.45) is 0 Å². The van der Waals surface area contributed by atoms with Crippen molar-refractivity contribution in [2.45, 2.75) is 38.0 Å². The Bertz CT molecular complexity index is 366. The van der Waals surface area contributed by atoms with E-state index in [2.05, 4.69) is 15.3 Å². The van der Waals surface area contributed by atoms with Crippen molar-refractivity contribution >= 4 is 11.6 Å². The summed E-state index contributed by atoms with van der Waals surface area (Å²) in [6.45, 7) is 1.13. The molecule has 0 atom stereocenters. The zero-order valence-electron chi connectivity index (χ0n) is 10.0. The summed E-state index contributed by atoms with van der Waals surface area (Å²) in [5.41, 5.74) is 5.75. The lowest BCUT2D eigenvalue weighted by Gasteiger charge is -2.07. The zero-order valence-corrected chi connectivity index (χ0v) is 10.0. The summed E-state index contributed by atoms with van der Waals surface area (Å²) in [5.74, 6) is 2.76. The number of nitrogen functional groups attached to an aromatic ring is 1. The highest BCUT2D eigenvalue weighted by Crippen LogP contribution is 2.38. The number of nitrogens with zero attached hydrogens (tertiary/aromatic N) is 2. The molecule has 1 aliphatic rings. The molecule has 94 valence electrons. The van der Waals surface area contributed by atoms with Gasteiger partial charge in [0.25, 0.3) is 0 Å². The molecule has 1 aromatic rings. The van der Waals surface area contributed by atoms with E-state index < -0.39 is 0 Å². The van der Waals surface area contributed by atoms with E-state index in [-0.39, 0.29) is 6.61 Å². The van der Waals surface area contributed by atoms with Gasteiger partial charge in [-0.25, -0.2) is 9.97 Å². The Labute approximate surface area is 101 Å². The van der Waals surface area contributed by atoms with Gasteiger partial charge in [-0.05, 0) is 32.1 Å². The van der Waals surface area contributed by atoms with Crippen molar-refractivity contribution in [3.05, 3.63) is 11.9 Å². The SMILES string of the molecule is Nc1cc(NCCCCCO)nc(C2CC2)n1. The zero-order chi connectivity index (χ0) is 12.1. The molecule has 2 rings (SSSR count). The molecular formula is C12H20N4O. The van der Waals surface area contributed by atoms with Crippen LogP contribution in [-0.2, 0) is 0 Å². The standard InChI is InChI=1S/C12H20N4O/c13-10-8-11(14-6-2-1-3-7-17)16-12(15-10)9-4-5-9/h8-9,17H,1-7H2,(H3,13,14,15,16). The van der Waals surface area contributed by atoms with Gasteiger partial charge in [-0.1, -0.05) is 0 Å². The molecule has 1 aliphatic carbocycles. The molecule has 5 heteroatoms. The summed E-state index contributed by atoms with van der Waals surface area (Å²) in [4.78, 5) is 8.71. The van der Waals surface area contributed by atoms with Crippen LogP contribution >= 0.6 is 0 Å². The quantitative estimate of drug-likeness (QED) is 0.625. The van der Waals surface area contributed by atoms with E-state index in [0.29, 0.717) is 11.7 Å². The average Bonchev–Trinajstić information content (AvgIpc) is 3.12. The molecule has 1 heterocycles. The highest BCUT2D eigenvalue weighted by atomic mass is 16.2. The maximum atomic E-state index is 8.67. The molecule has 0 aliphatic heterocycles. The number of hydrogen-bond acceptors (Lipinski definition) is 5. The van der Waals surface area contributed by atoms with Gasteiger partial charge in [0.15, 0.2) is 0 Å². The van der Waals surface area contributed by atoms with Gasteiger partial charge >= 0.3 is 0 Å². The van der Waals surface area contributed by atoms with Crippen molar-refractivity contribution in [1.82, 2.24) is 9.97 Å². The lowest BCUT2D eigenvalue weighted by molar-refractivity contribution is 0.283. The maximum absolute atomic E-state index is 8.67. The largest absolute Gasteiger partial charge is 0.396 e. The fourth-order valence-corrected chi connectivity index (χ4v) is 1.73. The molecular weight excluding hydrogens is 216 g/mol.